The maximum atomic E-state index is 12.7. The van der Waals surface area contributed by atoms with Gasteiger partial charge in [-0.15, -0.1) is 0 Å². The van der Waals surface area contributed by atoms with Gasteiger partial charge in [0.15, 0.2) is 0 Å². The van der Waals surface area contributed by atoms with E-state index in [1.165, 1.54) is 0 Å². The molecule has 3 aromatic rings. The Morgan fingerprint density at radius 1 is 1.04 bits per heavy atom. The van der Waals surface area contributed by atoms with E-state index in [1.807, 2.05) is 47.4 Å². The van der Waals surface area contributed by atoms with Gasteiger partial charge in [0.05, 0.1) is 16.8 Å². The first-order chi connectivity index (χ1) is 13.2. The molecule has 27 heavy (non-hydrogen) atoms. The molecule has 3 heterocycles. The molecule has 0 saturated carbocycles. The Labute approximate surface area is 158 Å². The lowest BCUT2D eigenvalue weighted by Gasteiger charge is -2.34. The van der Waals surface area contributed by atoms with Gasteiger partial charge in [0.1, 0.15) is 5.82 Å². The molecule has 1 aliphatic rings. The highest BCUT2D eigenvalue weighted by Crippen LogP contribution is 2.23. The van der Waals surface area contributed by atoms with E-state index in [1.54, 1.807) is 12.4 Å². The van der Waals surface area contributed by atoms with Crippen LogP contribution < -0.4 is 5.32 Å². The molecule has 1 aromatic carbocycles. The number of para-hydroxylation sites is 1. The van der Waals surface area contributed by atoms with Gasteiger partial charge >= 0.3 is 0 Å². The average Bonchev–Trinajstić information content (AvgIpc) is 2.74. The molecule has 1 fully saturated rings. The van der Waals surface area contributed by atoms with E-state index >= 15 is 0 Å². The summed E-state index contributed by atoms with van der Waals surface area (Å²) in [5.41, 5.74) is 2.42. The summed E-state index contributed by atoms with van der Waals surface area (Å²) in [7, 11) is 0. The lowest BCUT2D eigenvalue weighted by atomic mass is 10.2. The summed E-state index contributed by atoms with van der Waals surface area (Å²) in [5, 5.41) is 4.37. The number of nitrogens with one attached hydrogen (secondary N) is 1. The molecule has 1 amide bonds. The molecule has 4 rings (SSSR count). The van der Waals surface area contributed by atoms with E-state index in [-0.39, 0.29) is 5.91 Å². The predicted molar refractivity (Wildman–Crippen MR) is 107 cm³/mol. The van der Waals surface area contributed by atoms with Crippen molar-refractivity contribution in [3.05, 3.63) is 60.4 Å². The third kappa shape index (κ3) is 3.75. The second-order valence-electron chi connectivity index (χ2n) is 6.66. The van der Waals surface area contributed by atoms with Crippen molar-refractivity contribution < 1.29 is 4.79 Å². The van der Waals surface area contributed by atoms with Crippen LogP contribution in [-0.2, 0) is 0 Å². The van der Waals surface area contributed by atoms with Crippen LogP contribution in [0.15, 0.2) is 54.9 Å². The van der Waals surface area contributed by atoms with Crippen LogP contribution in [0.25, 0.3) is 10.9 Å². The van der Waals surface area contributed by atoms with Crippen LogP contribution in [-0.4, -0.2) is 58.4 Å². The van der Waals surface area contributed by atoms with E-state index in [0.29, 0.717) is 11.4 Å². The molecule has 0 radical (unpaired) electrons. The first-order valence-corrected chi connectivity index (χ1v) is 9.33. The van der Waals surface area contributed by atoms with Crippen molar-refractivity contribution in [1.82, 2.24) is 19.8 Å². The number of fused-ring (bicyclic) bond motifs is 1. The molecule has 2 aromatic heterocycles. The lowest BCUT2D eigenvalue weighted by Crippen LogP contribution is -2.48. The quantitative estimate of drug-likeness (QED) is 0.773. The lowest BCUT2D eigenvalue weighted by molar-refractivity contribution is 0.0643. The number of hydrogen-bond acceptors (Lipinski definition) is 5. The van der Waals surface area contributed by atoms with Gasteiger partial charge in [0.25, 0.3) is 5.91 Å². The van der Waals surface area contributed by atoms with Crippen LogP contribution in [0.1, 0.15) is 17.3 Å². The Kier molecular flexibility index (Phi) is 4.98. The second-order valence-corrected chi connectivity index (χ2v) is 6.66. The van der Waals surface area contributed by atoms with Crippen LogP contribution in [0.4, 0.5) is 11.5 Å². The topological polar surface area (TPSA) is 61.4 Å². The molecule has 0 atom stereocenters. The number of piperazine rings is 1. The molecule has 0 aliphatic carbocycles. The van der Waals surface area contributed by atoms with Crippen molar-refractivity contribution >= 4 is 28.3 Å². The number of pyridine rings is 2. The van der Waals surface area contributed by atoms with Gasteiger partial charge in [-0.3, -0.25) is 9.78 Å². The zero-order valence-corrected chi connectivity index (χ0v) is 15.4. The molecule has 0 bridgehead atoms. The van der Waals surface area contributed by atoms with E-state index < -0.39 is 0 Å². The third-order valence-corrected chi connectivity index (χ3v) is 5.01. The van der Waals surface area contributed by atoms with E-state index in [4.69, 9.17) is 0 Å². The van der Waals surface area contributed by atoms with Gasteiger partial charge in [0, 0.05) is 44.0 Å². The number of benzene rings is 1. The van der Waals surface area contributed by atoms with E-state index in [0.717, 1.165) is 49.3 Å². The van der Waals surface area contributed by atoms with Crippen molar-refractivity contribution in [2.75, 3.05) is 38.0 Å². The smallest absolute Gasteiger partial charge is 0.255 e. The maximum Gasteiger partial charge on any atom is 0.255 e. The second kappa shape index (κ2) is 7.72. The largest absolute Gasteiger partial charge is 0.338 e. The van der Waals surface area contributed by atoms with Crippen molar-refractivity contribution in [3.8, 4) is 0 Å². The van der Waals surface area contributed by atoms with Crippen molar-refractivity contribution in [2.45, 2.75) is 6.92 Å². The maximum absolute atomic E-state index is 12.7. The Hall–Kier alpha value is -2.99. The molecule has 1 aliphatic heterocycles. The molecule has 138 valence electrons. The molecule has 0 unspecified atom stereocenters. The van der Waals surface area contributed by atoms with Gasteiger partial charge < -0.3 is 15.1 Å². The van der Waals surface area contributed by atoms with Crippen LogP contribution in [0, 0.1) is 0 Å². The van der Waals surface area contributed by atoms with E-state index in [2.05, 4.69) is 27.1 Å². The Bertz CT molecular complexity index is 927. The summed E-state index contributed by atoms with van der Waals surface area (Å²) >= 11 is 0. The first kappa shape index (κ1) is 17.4. The van der Waals surface area contributed by atoms with Crippen LogP contribution in [0.5, 0.6) is 0 Å². The summed E-state index contributed by atoms with van der Waals surface area (Å²) < 4.78 is 0. The number of likely N-dealkylation sites (N-methyl/N-ethyl adjacent to an activating group) is 1. The van der Waals surface area contributed by atoms with Gasteiger partial charge in [0.2, 0.25) is 0 Å². The van der Waals surface area contributed by atoms with Crippen molar-refractivity contribution in [3.63, 3.8) is 0 Å². The number of carbonyl (C=O) groups excluding carboxylic acids is 1. The molecule has 6 nitrogen and oxygen atoms in total. The monoisotopic (exact) mass is 361 g/mol. The van der Waals surface area contributed by atoms with Crippen molar-refractivity contribution in [1.29, 1.82) is 0 Å². The molecular weight excluding hydrogens is 338 g/mol. The van der Waals surface area contributed by atoms with Crippen LogP contribution in [0.3, 0.4) is 0 Å². The van der Waals surface area contributed by atoms with Gasteiger partial charge in [-0.1, -0.05) is 25.1 Å². The van der Waals surface area contributed by atoms with Gasteiger partial charge in [-0.2, -0.15) is 0 Å². The number of rotatable bonds is 4. The molecule has 1 saturated heterocycles. The number of hydrogen-bond donors (Lipinski definition) is 1. The third-order valence-electron chi connectivity index (χ3n) is 5.01. The highest BCUT2D eigenvalue weighted by atomic mass is 16.2. The van der Waals surface area contributed by atoms with Crippen LogP contribution >= 0.6 is 0 Å². The van der Waals surface area contributed by atoms with E-state index in [9.17, 15) is 4.79 Å². The summed E-state index contributed by atoms with van der Waals surface area (Å²) in [6.07, 6.45) is 3.43. The van der Waals surface area contributed by atoms with Gasteiger partial charge in [-0.05, 0) is 30.8 Å². The molecule has 0 spiro atoms. The molecule has 6 heteroatoms. The standard InChI is InChI=1S/C21H23N5O/c1-2-25-11-13-26(14-12-25)21(27)17-8-9-19(23-15-17)24-18-7-3-5-16-6-4-10-22-20(16)18/h3-10,15H,2,11-14H2,1H3,(H,23,24). The SMILES string of the molecule is CCN1CCN(C(=O)c2ccc(Nc3cccc4cccnc34)nc2)CC1. The highest BCUT2D eigenvalue weighted by molar-refractivity contribution is 5.94. The number of aromatic nitrogens is 2. The summed E-state index contributed by atoms with van der Waals surface area (Å²) in [5.74, 6) is 0.747. The Morgan fingerprint density at radius 3 is 2.59 bits per heavy atom. The van der Waals surface area contributed by atoms with Gasteiger partial charge in [-0.25, -0.2) is 4.98 Å². The number of amides is 1. The summed E-state index contributed by atoms with van der Waals surface area (Å²) in [4.78, 5) is 25.8. The predicted octanol–water partition coefficient (Wildman–Crippen LogP) is 3.15. The van der Waals surface area contributed by atoms with Crippen molar-refractivity contribution in [2.24, 2.45) is 0 Å². The molecular formula is C21H23N5O. The van der Waals surface area contributed by atoms with Crippen LogP contribution in [0.2, 0.25) is 0 Å². The highest BCUT2D eigenvalue weighted by Gasteiger charge is 2.21. The fourth-order valence-corrected chi connectivity index (χ4v) is 3.39. The normalized spacial score (nSPS) is 15.1. The minimum Gasteiger partial charge on any atom is -0.338 e. The number of carbonyl (C=O) groups is 1. The minimum atomic E-state index is 0.0524. The zero-order valence-electron chi connectivity index (χ0n) is 15.4. The fourth-order valence-electron chi connectivity index (χ4n) is 3.39. The first-order valence-electron chi connectivity index (χ1n) is 9.33. The fraction of sp³-hybridized carbons (Fsp3) is 0.286. The number of anilines is 2. The molecule has 1 N–H and O–H groups in total. The Morgan fingerprint density at radius 2 is 1.85 bits per heavy atom. The number of nitrogens with zero attached hydrogens (tertiary/aromatic N) is 4. The Balaban J connectivity index is 1.47. The summed E-state index contributed by atoms with van der Waals surface area (Å²) in [6, 6.07) is 13.6. The summed E-state index contributed by atoms with van der Waals surface area (Å²) in [6.45, 7) is 6.60. The minimum absolute atomic E-state index is 0.0524. The average molecular weight is 361 g/mol. The zero-order chi connectivity index (χ0) is 18.6.